The molecule has 0 bridgehead atoms. The van der Waals surface area contributed by atoms with Crippen LogP contribution in [0.25, 0.3) is 0 Å². The highest BCUT2D eigenvalue weighted by molar-refractivity contribution is 9.10. The van der Waals surface area contributed by atoms with Crippen molar-refractivity contribution in [3.05, 3.63) is 28.7 Å². The zero-order chi connectivity index (χ0) is 14.8. The van der Waals surface area contributed by atoms with Crippen LogP contribution >= 0.6 is 27.3 Å². The van der Waals surface area contributed by atoms with Crippen molar-refractivity contribution in [2.75, 3.05) is 10.0 Å². The van der Waals surface area contributed by atoms with Gasteiger partial charge in [0.2, 0.25) is 11.0 Å². The van der Waals surface area contributed by atoms with Crippen molar-refractivity contribution in [1.29, 1.82) is 0 Å². The van der Waals surface area contributed by atoms with Gasteiger partial charge < -0.3 is 5.32 Å². The first-order valence-electron chi connectivity index (χ1n) is 5.26. The Balaban J connectivity index is 2.19. The Morgan fingerprint density at radius 3 is 2.50 bits per heavy atom. The summed E-state index contributed by atoms with van der Waals surface area (Å²) in [5.74, 6) is -0.342. The summed E-state index contributed by atoms with van der Waals surface area (Å²) < 4.78 is 27.1. The van der Waals surface area contributed by atoms with E-state index in [1.165, 1.54) is 6.92 Å². The van der Waals surface area contributed by atoms with Crippen LogP contribution in [0.3, 0.4) is 0 Å². The maximum Gasteiger partial charge on any atom is 0.291 e. The smallest absolute Gasteiger partial charge is 0.291 e. The van der Waals surface area contributed by atoms with E-state index in [9.17, 15) is 13.2 Å². The minimum Gasteiger partial charge on any atom is -0.301 e. The van der Waals surface area contributed by atoms with Gasteiger partial charge in [-0.25, -0.2) is 0 Å². The van der Waals surface area contributed by atoms with E-state index in [4.69, 9.17) is 0 Å². The molecule has 0 aliphatic rings. The lowest BCUT2D eigenvalue weighted by atomic mass is 10.3. The minimum atomic E-state index is -3.81. The summed E-state index contributed by atoms with van der Waals surface area (Å²) in [6, 6.07) is 6.64. The highest BCUT2D eigenvalue weighted by atomic mass is 79.9. The van der Waals surface area contributed by atoms with Crippen LogP contribution < -0.4 is 10.0 Å². The second-order valence-corrected chi connectivity index (χ2v) is 7.42. The lowest BCUT2D eigenvalue weighted by Gasteiger charge is -2.04. The maximum absolute atomic E-state index is 12.1. The number of carbonyl (C=O) groups excluding carboxylic acids is 1. The number of hydrogen-bond donors (Lipinski definition) is 2. The number of anilines is 2. The molecule has 2 rings (SSSR count). The average Bonchev–Trinajstić information content (AvgIpc) is 2.80. The number of hydrogen-bond acceptors (Lipinski definition) is 6. The van der Waals surface area contributed by atoms with Crippen LogP contribution in [-0.2, 0) is 14.8 Å². The quantitative estimate of drug-likeness (QED) is 0.795. The topological polar surface area (TPSA) is 101 Å². The van der Waals surface area contributed by atoms with Gasteiger partial charge in [0.15, 0.2) is 0 Å². The standard InChI is InChI=1S/C10H9BrN4O3S2/c1-6(16)12-9-13-14-10(19-9)20(17,18)15-8-4-2-7(11)3-5-8/h2-5,15H,1H3,(H,12,13,16). The van der Waals surface area contributed by atoms with Crippen LogP contribution in [0.1, 0.15) is 6.92 Å². The van der Waals surface area contributed by atoms with Gasteiger partial charge in [0.05, 0.1) is 0 Å². The van der Waals surface area contributed by atoms with Crippen LogP contribution in [0, 0.1) is 0 Å². The fraction of sp³-hybridized carbons (Fsp3) is 0.100. The first kappa shape index (κ1) is 14.9. The molecule has 2 aromatic rings. The van der Waals surface area contributed by atoms with E-state index < -0.39 is 10.0 Å². The maximum atomic E-state index is 12.1. The number of rotatable bonds is 4. The Hall–Kier alpha value is -1.52. The third-order valence-corrected chi connectivity index (χ3v) is 5.13. The summed E-state index contributed by atoms with van der Waals surface area (Å²) in [4.78, 5) is 10.9. The van der Waals surface area contributed by atoms with E-state index in [-0.39, 0.29) is 15.4 Å². The van der Waals surface area contributed by atoms with E-state index in [1.54, 1.807) is 24.3 Å². The number of aromatic nitrogens is 2. The Kier molecular flexibility index (Phi) is 4.35. The fourth-order valence-corrected chi connectivity index (χ4v) is 3.51. The predicted octanol–water partition coefficient (Wildman–Crippen LogP) is 2.06. The summed E-state index contributed by atoms with van der Waals surface area (Å²) in [5, 5.41) is 9.65. The number of sulfonamides is 1. The number of nitrogens with one attached hydrogen (secondary N) is 2. The van der Waals surface area contributed by atoms with E-state index >= 15 is 0 Å². The van der Waals surface area contributed by atoms with Crippen molar-refractivity contribution < 1.29 is 13.2 Å². The second kappa shape index (κ2) is 5.85. The molecule has 0 radical (unpaired) electrons. The molecule has 1 aromatic heterocycles. The first-order valence-corrected chi connectivity index (χ1v) is 8.35. The van der Waals surface area contributed by atoms with Crippen molar-refractivity contribution >= 4 is 54.0 Å². The Bertz CT molecular complexity index is 727. The predicted molar refractivity (Wildman–Crippen MR) is 79.2 cm³/mol. The molecular formula is C10H9BrN4O3S2. The summed E-state index contributed by atoms with van der Waals surface area (Å²) in [6.45, 7) is 1.30. The van der Waals surface area contributed by atoms with Gasteiger partial charge in [0.25, 0.3) is 14.4 Å². The molecule has 0 fully saturated rings. The second-order valence-electron chi connectivity index (χ2n) is 3.67. The average molecular weight is 377 g/mol. The summed E-state index contributed by atoms with van der Waals surface area (Å²) in [7, 11) is -3.81. The molecular weight excluding hydrogens is 368 g/mol. The monoisotopic (exact) mass is 376 g/mol. The Morgan fingerprint density at radius 1 is 1.25 bits per heavy atom. The van der Waals surface area contributed by atoms with Gasteiger partial charge >= 0.3 is 0 Å². The van der Waals surface area contributed by atoms with E-state index in [2.05, 4.69) is 36.2 Å². The molecule has 7 nitrogen and oxygen atoms in total. The number of nitrogens with zero attached hydrogens (tertiary/aromatic N) is 2. The molecule has 20 heavy (non-hydrogen) atoms. The minimum absolute atomic E-state index is 0.133. The molecule has 1 heterocycles. The molecule has 0 saturated carbocycles. The lowest BCUT2D eigenvalue weighted by Crippen LogP contribution is -2.12. The lowest BCUT2D eigenvalue weighted by molar-refractivity contribution is -0.114. The van der Waals surface area contributed by atoms with E-state index in [1.807, 2.05) is 0 Å². The third kappa shape index (κ3) is 3.74. The zero-order valence-corrected chi connectivity index (χ0v) is 13.3. The summed E-state index contributed by atoms with van der Waals surface area (Å²) >= 11 is 4.04. The van der Waals surface area contributed by atoms with Crippen molar-refractivity contribution in [1.82, 2.24) is 10.2 Å². The molecule has 1 amide bonds. The molecule has 0 aliphatic heterocycles. The van der Waals surface area contributed by atoms with Crippen molar-refractivity contribution in [2.24, 2.45) is 0 Å². The van der Waals surface area contributed by atoms with Gasteiger partial charge in [0.1, 0.15) is 0 Å². The van der Waals surface area contributed by atoms with Gasteiger partial charge in [-0.1, -0.05) is 27.3 Å². The molecule has 0 saturated heterocycles. The molecule has 0 atom stereocenters. The normalized spacial score (nSPS) is 11.1. The number of carbonyl (C=O) groups is 1. The SMILES string of the molecule is CC(=O)Nc1nnc(S(=O)(=O)Nc2ccc(Br)cc2)s1. The zero-order valence-electron chi connectivity index (χ0n) is 10.1. The van der Waals surface area contributed by atoms with Gasteiger partial charge in [-0.2, -0.15) is 8.42 Å². The molecule has 106 valence electrons. The van der Waals surface area contributed by atoms with Crippen LogP contribution in [0.2, 0.25) is 0 Å². The molecule has 0 spiro atoms. The van der Waals surface area contributed by atoms with Gasteiger partial charge in [0, 0.05) is 17.1 Å². The van der Waals surface area contributed by atoms with Crippen LogP contribution in [0.15, 0.2) is 33.1 Å². The molecule has 2 N–H and O–H groups in total. The highest BCUT2D eigenvalue weighted by Crippen LogP contribution is 2.23. The van der Waals surface area contributed by atoms with Crippen molar-refractivity contribution in [3.8, 4) is 0 Å². The van der Waals surface area contributed by atoms with Crippen LogP contribution in [0.5, 0.6) is 0 Å². The highest BCUT2D eigenvalue weighted by Gasteiger charge is 2.20. The fourth-order valence-electron chi connectivity index (χ4n) is 1.24. The van der Waals surface area contributed by atoms with Crippen molar-refractivity contribution in [3.63, 3.8) is 0 Å². The molecule has 1 aromatic carbocycles. The molecule has 0 unspecified atom stereocenters. The first-order chi connectivity index (χ1) is 9.37. The number of amides is 1. The summed E-state index contributed by atoms with van der Waals surface area (Å²) in [6.07, 6.45) is 0. The Labute approximate surface area is 127 Å². The third-order valence-electron chi connectivity index (χ3n) is 2.02. The molecule has 0 aliphatic carbocycles. The number of benzene rings is 1. The number of halogens is 1. The van der Waals surface area contributed by atoms with Crippen LogP contribution in [-0.4, -0.2) is 24.5 Å². The largest absolute Gasteiger partial charge is 0.301 e. The van der Waals surface area contributed by atoms with Crippen LogP contribution in [0.4, 0.5) is 10.8 Å². The van der Waals surface area contributed by atoms with Crippen molar-refractivity contribution in [2.45, 2.75) is 11.3 Å². The van der Waals surface area contributed by atoms with Gasteiger partial charge in [-0.3, -0.25) is 9.52 Å². The van der Waals surface area contributed by atoms with Gasteiger partial charge in [-0.15, -0.1) is 10.2 Å². The summed E-state index contributed by atoms with van der Waals surface area (Å²) in [5.41, 5.74) is 0.407. The Morgan fingerprint density at radius 2 is 1.90 bits per heavy atom. The molecule has 10 heteroatoms. The van der Waals surface area contributed by atoms with E-state index in [0.717, 1.165) is 15.8 Å². The van der Waals surface area contributed by atoms with E-state index in [0.29, 0.717) is 5.69 Å². The van der Waals surface area contributed by atoms with Gasteiger partial charge in [-0.05, 0) is 24.3 Å².